The van der Waals surface area contributed by atoms with Gasteiger partial charge in [-0.05, 0) is 29.2 Å². The van der Waals surface area contributed by atoms with Crippen LogP contribution in [-0.2, 0) is 4.79 Å². The van der Waals surface area contributed by atoms with Gasteiger partial charge in [-0.25, -0.2) is 4.79 Å². The van der Waals surface area contributed by atoms with E-state index in [0.29, 0.717) is 5.75 Å². The Balaban J connectivity index is 1.83. The largest absolute Gasteiger partial charge is 0.423 e. The molecule has 0 fully saturated rings. The number of hydrogen-bond donors (Lipinski definition) is 0. The highest BCUT2D eigenvalue weighted by molar-refractivity contribution is 9.10. The van der Waals surface area contributed by atoms with Gasteiger partial charge in [-0.3, -0.25) is 0 Å². The second-order valence-electron chi connectivity index (χ2n) is 4.76. The highest BCUT2D eigenvalue weighted by Gasteiger charge is 2.07. The second kappa shape index (κ2) is 6.58. The molecular weight excluding hydrogens is 340 g/mol. The van der Waals surface area contributed by atoms with Gasteiger partial charge in [0.1, 0.15) is 5.75 Å². The van der Waals surface area contributed by atoms with Gasteiger partial charge in [-0.2, -0.15) is 0 Å². The second-order valence-corrected chi connectivity index (χ2v) is 5.61. The van der Waals surface area contributed by atoms with E-state index >= 15 is 0 Å². The molecule has 0 unspecified atom stereocenters. The fourth-order valence-electron chi connectivity index (χ4n) is 2.19. The molecule has 0 aliphatic heterocycles. The van der Waals surface area contributed by atoms with E-state index in [9.17, 15) is 4.79 Å². The number of benzene rings is 3. The van der Waals surface area contributed by atoms with Gasteiger partial charge >= 0.3 is 5.97 Å². The predicted octanol–water partition coefficient (Wildman–Crippen LogP) is 5.22. The lowest BCUT2D eigenvalue weighted by Crippen LogP contribution is -2.04. The lowest BCUT2D eigenvalue weighted by atomic mass is 10.1. The summed E-state index contributed by atoms with van der Waals surface area (Å²) >= 11 is 3.50. The minimum atomic E-state index is -0.392. The third kappa shape index (κ3) is 3.26. The predicted molar refractivity (Wildman–Crippen MR) is 92.8 cm³/mol. The van der Waals surface area contributed by atoms with Crippen LogP contribution in [-0.4, -0.2) is 5.97 Å². The molecule has 0 saturated heterocycles. The molecule has 0 heterocycles. The molecule has 3 rings (SSSR count). The number of ether oxygens (including phenoxy) is 1. The Labute approximate surface area is 137 Å². The molecule has 0 amide bonds. The molecule has 22 heavy (non-hydrogen) atoms. The van der Waals surface area contributed by atoms with Crippen molar-refractivity contribution >= 4 is 38.7 Å². The van der Waals surface area contributed by atoms with Gasteiger partial charge in [0.25, 0.3) is 0 Å². The Hall–Kier alpha value is -2.39. The Morgan fingerprint density at radius 2 is 1.55 bits per heavy atom. The summed E-state index contributed by atoms with van der Waals surface area (Å²) in [6.07, 6.45) is 3.18. The molecule has 0 radical (unpaired) electrons. The first-order valence-corrected chi connectivity index (χ1v) is 7.65. The van der Waals surface area contributed by atoms with Crippen LogP contribution in [0.1, 0.15) is 5.56 Å². The minimum Gasteiger partial charge on any atom is -0.423 e. The number of esters is 1. The van der Waals surface area contributed by atoms with E-state index < -0.39 is 5.97 Å². The molecule has 2 nitrogen and oxygen atoms in total. The highest BCUT2D eigenvalue weighted by Crippen LogP contribution is 2.31. The van der Waals surface area contributed by atoms with Crippen molar-refractivity contribution in [3.05, 3.63) is 82.8 Å². The normalized spacial score (nSPS) is 11.0. The average Bonchev–Trinajstić information content (AvgIpc) is 2.57. The van der Waals surface area contributed by atoms with Gasteiger partial charge in [0.15, 0.2) is 0 Å². The van der Waals surface area contributed by atoms with Crippen molar-refractivity contribution in [1.29, 1.82) is 0 Å². The van der Waals surface area contributed by atoms with E-state index in [4.69, 9.17) is 4.74 Å². The summed E-state index contributed by atoms with van der Waals surface area (Å²) in [7, 11) is 0. The van der Waals surface area contributed by atoms with Crippen LogP contribution in [0.2, 0.25) is 0 Å². The third-order valence-electron chi connectivity index (χ3n) is 3.25. The van der Waals surface area contributed by atoms with E-state index in [-0.39, 0.29) is 0 Å². The van der Waals surface area contributed by atoms with Gasteiger partial charge in [0.2, 0.25) is 0 Å². The first-order chi connectivity index (χ1) is 10.7. The fraction of sp³-hybridized carbons (Fsp3) is 0. The summed E-state index contributed by atoms with van der Waals surface area (Å²) in [6, 6.07) is 21.1. The van der Waals surface area contributed by atoms with Crippen LogP contribution in [0, 0.1) is 0 Å². The summed E-state index contributed by atoms with van der Waals surface area (Å²) in [5.41, 5.74) is 0.958. The van der Waals surface area contributed by atoms with Gasteiger partial charge in [-0.15, -0.1) is 0 Å². The zero-order valence-corrected chi connectivity index (χ0v) is 13.3. The Morgan fingerprint density at radius 1 is 0.864 bits per heavy atom. The Kier molecular flexibility index (Phi) is 4.35. The maximum absolute atomic E-state index is 12.0. The van der Waals surface area contributed by atoms with E-state index in [0.717, 1.165) is 20.8 Å². The first-order valence-electron chi connectivity index (χ1n) is 6.86. The van der Waals surface area contributed by atoms with Crippen molar-refractivity contribution in [2.75, 3.05) is 0 Å². The molecule has 3 aromatic carbocycles. The van der Waals surface area contributed by atoms with Gasteiger partial charge in [0, 0.05) is 15.9 Å². The van der Waals surface area contributed by atoms with Crippen molar-refractivity contribution in [2.45, 2.75) is 0 Å². The maximum atomic E-state index is 12.0. The van der Waals surface area contributed by atoms with Gasteiger partial charge in [0.05, 0.1) is 0 Å². The van der Waals surface area contributed by atoms with Crippen molar-refractivity contribution in [3.63, 3.8) is 0 Å². The lowest BCUT2D eigenvalue weighted by Gasteiger charge is -2.07. The summed E-state index contributed by atoms with van der Waals surface area (Å²) in [5.74, 6) is 0.165. The SMILES string of the molecule is O=C(C=Cc1ccccc1)Oc1ccc(Br)c2ccccc12. The van der Waals surface area contributed by atoms with Crippen LogP contribution in [0.15, 0.2) is 77.3 Å². The van der Waals surface area contributed by atoms with Crippen LogP contribution in [0.4, 0.5) is 0 Å². The first kappa shape index (κ1) is 14.5. The molecule has 0 N–H and O–H groups in total. The number of carbonyl (C=O) groups excluding carboxylic acids is 1. The molecule has 0 aliphatic rings. The summed E-state index contributed by atoms with van der Waals surface area (Å²) in [5, 5.41) is 1.91. The molecule has 3 heteroatoms. The number of hydrogen-bond acceptors (Lipinski definition) is 2. The fourth-order valence-corrected chi connectivity index (χ4v) is 2.67. The van der Waals surface area contributed by atoms with Crippen molar-refractivity contribution in [1.82, 2.24) is 0 Å². The zero-order valence-electron chi connectivity index (χ0n) is 11.7. The molecule has 0 spiro atoms. The van der Waals surface area contributed by atoms with Gasteiger partial charge < -0.3 is 4.74 Å². The number of halogens is 1. The molecule has 3 aromatic rings. The minimum absolute atomic E-state index is 0.392. The molecule has 0 saturated carbocycles. The van der Waals surface area contributed by atoms with E-state index in [1.807, 2.05) is 60.7 Å². The molecule has 0 atom stereocenters. The van der Waals surface area contributed by atoms with E-state index in [1.54, 1.807) is 12.1 Å². The van der Waals surface area contributed by atoms with E-state index in [1.165, 1.54) is 6.08 Å². The quantitative estimate of drug-likeness (QED) is 0.367. The maximum Gasteiger partial charge on any atom is 0.336 e. The standard InChI is InChI=1S/C19H13BrO2/c20-17-11-12-18(16-9-5-4-8-15(16)17)22-19(21)13-10-14-6-2-1-3-7-14/h1-13H. The van der Waals surface area contributed by atoms with Crippen LogP contribution < -0.4 is 4.74 Å². The van der Waals surface area contributed by atoms with Crippen molar-refractivity contribution in [2.24, 2.45) is 0 Å². The monoisotopic (exact) mass is 352 g/mol. The van der Waals surface area contributed by atoms with Crippen LogP contribution in [0.3, 0.4) is 0 Å². The van der Waals surface area contributed by atoms with Gasteiger partial charge in [-0.1, -0.05) is 70.5 Å². The van der Waals surface area contributed by atoms with Crippen molar-refractivity contribution in [3.8, 4) is 5.75 Å². The number of rotatable bonds is 3. The van der Waals surface area contributed by atoms with Crippen LogP contribution >= 0.6 is 15.9 Å². The number of fused-ring (bicyclic) bond motifs is 1. The smallest absolute Gasteiger partial charge is 0.336 e. The Morgan fingerprint density at radius 3 is 2.32 bits per heavy atom. The third-order valence-corrected chi connectivity index (χ3v) is 3.94. The van der Waals surface area contributed by atoms with Crippen molar-refractivity contribution < 1.29 is 9.53 Å². The lowest BCUT2D eigenvalue weighted by molar-refractivity contribution is -0.128. The highest BCUT2D eigenvalue weighted by atomic mass is 79.9. The molecular formula is C19H13BrO2. The molecule has 108 valence electrons. The average molecular weight is 353 g/mol. The zero-order chi connectivity index (χ0) is 15.4. The number of carbonyl (C=O) groups is 1. The summed E-state index contributed by atoms with van der Waals surface area (Å²) in [6.45, 7) is 0. The topological polar surface area (TPSA) is 26.3 Å². The van der Waals surface area contributed by atoms with E-state index in [2.05, 4.69) is 15.9 Å². The molecule has 0 aromatic heterocycles. The summed E-state index contributed by atoms with van der Waals surface area (Å²) in [4.78, 5) is 12.0. The molecule has 0 bridgehead atoms. The summed E-state index contributed by atoms with van der Waals surface area (Å²) < 4.78 is 6.43. The molecule has 0 aliphatic carbocycles. The van der Waals surface area contributed by atoms with Crippen LogP contribution in [0.5, 0.6) is 5.75 Å². The Bertz CT molecular complexity index is 838. The van der Waals surface area contributed by atoms with Crippen LogP contribution in [0.25, 0.3) is 16.8 Å².